The fourth-order valence-corrected chi connectivity index (χ4v) is 3.42. The minimum absolute atomic E-state index is 0.408. The highest BCUT2D eigenvalue weighted by Crippen LogP contribution is 2.36. The van der Waals surface area contributed by atoms with Crippen molar-refractivity contribution in [1.29, 1.82) is 0 Å². The number of nitrogens with two attached hydrogens (primary N) is 1. The zero-order valence-electron chi connectivity index (χ0n) is 10.4. The lowest BCUT2D eigenvalue weighted by Gasteiger charge is -2.04. The summed E-state index contributed by atoms with van der Waals surface area (Å²) in [4.78, 5) is 5.47. The Labute approximate surface area is 130 Å². The van der Waals surface area contributed by atoms with Gasteiger partial charge in [0, 0.05) is 22.7 Å². The Balaban J connectivity index is 2.08. The number of imidazole rings is 1. The van der Waals surface area contributed by atoms with Gasteiger partial charge in [-0.15, -0.1) is 0 Å². The van der Waals surface area contributed by atoms with Gasteiger partial charge in [0.2, 0.25) is 0 Å². The third-order valence-corrected chi connectivity index (χ3v) is 4.64. The molecule has 102 valence electrons. The summed E-state index contributed by atoms with van der Waals surface area (Å²) in [5, 5.41) is 2.15. The molecule has 0 unspecified atom stereocenters. The first-order valence-corrected chi connectivity index (χ1v) is 7.55. The van der Waals surface area contributed by atoms with Gasteiger partial charge in [-0.05, 0) is 30.3 Å². The zero-order chi connectivity index (χ0) is 14.1. The van der Waals surface area contributed by atoms with Crippen molar-refractivity contribution in [2.75, 3.05) is 0 Å². The molecule has 2 N–H and O–H groups in total. The normalized spacial score (nSPS) is 11.2. The van der Waals surface area contributed by atoms with Crippen LogP contribution in [0.1, 0.15) is 5.69 Å². The van der Waals surface area contributed by atoms with Crippen LogP contribution < -0.4 is 5.73 Å². The van der Waals surface area contributed by atoms with Crippen LogP contribution in [0.4, 0.5) is 0 Å². The van der Waals surface area contributed by atoms with E-state index in [0.29, 0.717) is 16.6 Å². The highest BCUT2D eigenvalue weighted by molar-refractivity contribution is 7.99. The number of aromatic nitrogens is 2. The minimum atomic E-state index is 0.408. The lowest BCUT2D eigenvalue weighted by Crippen LogP contribution is -2.01. The molecule has 0 saturated carbocycles. The molecule has 0 fully saturated rings. The molecule has 3 nitrogen and oxygen atoms in total. The summed E-state index contributed by atoms with van der Waals surface area (Å²) < 4.78 is 1.99. The summed E-state index contributed by atoms with van der Waals surface area (Å²) in [7, 11) is 0. The van der Waals surface area contributed by atoms with Crippen LogP contribution in [-0.4, -0.2) is 9.38 Å². The van der Waals surface area contributed by atoms with Gasteiger partial charge in [0.15, 0.2) is 0 Å². The summed E-state index contributed by atoms with van der Waals surface area (Å²) in [6, 6.07) is 11.2. The molecule has 0 spiro atoms. The maximum atomic E-state index is 6.20. The van der Waals surface area contributed by atoms with Crippen LogP contribution in [0.3, 0.4) is 0 Å². The van der Waals surface area contributed by atoms with Crippen molar-refractivity contribution in [2.24, 2.45) is 5.73 Å². The molecular weight excluding hydrogens is 313 g/mol. The van der Waals surface area contributed by atoms with Gasteiger partial charge in [0.1, 0.15) is 10.7 Å². The van der Waals surface area contributed by atoms with Crippen molar-refractivity contribution in [1.82, 2.24) is 9.38 Å². The van der Waals surface area contributed by atoms with Crippen LogP contribution in [0.5, 0.6) is 0 Å². The Morgan fingerprint density at radius 1 is 1.20 bits per heavy atom. The second-order valence-electron chi connectivity index (χ2n) is 4.17. The summed E-state index contributed by atoms with van der Waals surface area (Å²) in [6.07, 6.45) is 1.95. The van der Waals surface area contributed by atoms with Crippen LogP contribution in [0.15, 0.2) is 52.5 Å². The van der Waals surface area contributed by atoms with Crippen molar-refractivity contribution in [3.8, 4) is 0 Å². The molecule has 0 amide bonds. The van der Waals surface area contributed by atoms with E-state index in [-0.39, 0.29) is 0 Å². The molecule has 0 aliphatic rings. The van der Waals surface area contributed by atoms with Gasteiger partial charge in [-0.2, -0.15) is 0 Å². The zero-order valence-corrected chi connectivity index (χ0v) is 12.7. The monoisotopic (exact) mass is 323 g/mol. The van der Waals surface area contributed by atoms with Crippen LogP contribution in [-0.2, 0) is 6.54 Å². The lowest BCUT2D eigenvalue weighted by molar-refractivity contribution is 0.921. The maximum absolute atomic E-state index is 6.20. The molecule has 3 aromatic rings. The Kier molecular flexibility index (Phi) is 3.89. The number of nitrogens with zero attached hydrogens (tertiary/aromatic N) is 2. The molecular formula is C14H11Cl2N3S. The molecule has 1 aromatic carbocycles. The Bertz CT molecular complexity index is 770. The van der Waals surface area contributed by atoms with Crippen LogP contribution in [0.25, 0.3) is 5.65 Å². The molecule has 0 saturated heterocycles. The van der Waals surface area contributed by atoms with Crippen LogP contribution in [0.2, 0.25) is 10.0 Å². The number of fused-ring (bicyclic) bond motifs is 1. The number of halogens is 2. The predicted molar refractivity (Wildman–Crippen MR) is 83.7 cm³/mol. The first-order valence-electron chi connectivity index (χ1n) is 5.98. The fraction of sp³-hybridized carbons (Fsp3) is 0.0714. The lowest BCUT2D eigenvalue weighted by atomic mass is 10.4. The van der Waals surface area contributed by atoms with Crippen molar-refractivity contribution in [2.45, 2.75) is 16.5 Å². The molecule has 0 aliphatic carbocycles. The van der Waals surface area contributed by atoms with Gasteiger partial charge in [0.25, 0.3) is 0 Å². The number of rotatable bonds is 3. The van der Waals surface area contributed by atoms with Gasteiger partial charge in [-0.3, -0.25) is 0 Å². The summed E-state index contributed by atoms with van der Waals surface area (Å²) in [6.45, 7) is 0.408. The van der Waals surface area contributed by atoms with E-state index in [1.54, 1.807) is 12.1 Å². The maximum Gasteiger partial charge on any atom is 0.138 e. The summed E-state index contributed by atoms with van der Waals surface area (Å²) in [5.74, 6) is 0. The van der Waals surface area contributed by atoms with E-state index in [1.807, 2.05) is 34.9 Å². The van der Waals surface area contributed by atoms with Crippen molar-refractivity contribution in [3.05, 3.63) is 58.3 Å². The first kappa shape index (κ1) is 13.8. The Morgan fingerprint density at radius 3 is 2.85 bits per heavy atom. The number of hydrogen-bond acceptors (Lipinski definition) is 3. The number of benzene rings is 1. The Morgan fingerprint density at radius 2 is 2.05 bits per heavy atom. The second kappa shape index (κ2) is 5.66. The summed E-state index contributed by atoms with van der Waals surface area (Å²) in [5.41, 5.74) is 7.68. The molecule has 0 bridgehead atoms. The van der Waals surface area contributed by atoms with E-state index in [9.17, 15) is 0 Å². The molecule has 0 radical (unpaired) electrons. The van der Waals surface area contributed by atoms with Gasteiger partial charge in [-0.1, -0.05) is 41.0 Å². The largest absolute Gasteiger partial charge is 0.325 e. The van der Waals surface area contributed by atoms with E-state index in [2.05, 4.69) is 4.98 Å². The Hall–Kier alpha value is -1.20. The quantitative estimate of drug-likeness (QED) is 0.783. The molecule has 6 heteroatoms. The van der Waals surface area contributed by atoms with E-state index < -0.39 is 0 Å². The molecule has 2 heterocycles. The third-order valence-electron chi connectivity index (χ3n) is 2.89. The highest BCUT2D eigenvalue weighted by Gasteiger charge is 2.13. The average molecular weight is 324 g/mol. The number of hydrogen-bond donors (Lipinski definition) is 1. The average Bonchev–Trinajstić information content (AvgIpc) is 2.80. The SMILES string of the molecule is NCc1c(Sc2cc(Cl)ccc2Cl)nc2ccccn12. The minimum Gasteiger partial charge on any atom is -0.325 e. The van der Waals surface area contributed by atoms with Gasteiger partial charge < -0.3 is 10.1 Å². The fourth-order valence-electron chi connectivity index (χ4n) is 1.95. The standard InChI is InChI=1S/C14H11Cl2N3S/c15-9-4-5-10(16)12(7-9)20-14-11(8-17)19-6-2-1-3-13(19)18-14/h1-7H,8,17H2. The van der Waals surface area contributed by atoms with Crippen LogP contribution >= 0.6 is 35.0 Å². The van der Waals surface area contributed by atoms with Crippen molar-refractivity contribution >= 4 is 40.6 Å². The smallest absolute Gasteiger partial charge is 0.138 e. The van der Waals surface area contributed by atoms with E-state index >= 15 is 0 Å². The molecule has 0 aliphatic heterocycles. The number of pyridine rings is 1. The van der Waals surface area contributed by atoms with Gasteiger partial charge >= 0.3 is 0 Å². The molecule has 20 heavy (non-hydrogen) atoms. The molecule has 3 rings (SSSR count). The topological polar surface area (TPSA) is 43.3 Å². The third kappa shape index (κ3) is 2.52. The van der Waals surface area contributed by atoms with E-state index in [1.165, 1.54) is 11.8 Å². The van der Waals surface area contributed by atoms with Crippen molar-refractivity contribution < 1.29 is 0 Å². The summed E-state index contributed by atoms with van der Waals surface area (Å²) >= 11 is 13.7. The molecule has 2 aromatic heterocycles. The predicted octanol–water partition coefficient (Wildman–Crippen LogP) is 4.25. The van der Waals surface area contributed by atoms with Gasteiger partial charge in [-0.25, -0.2) is 4.98 Å². The van der Waals surface area contributed by atoms with E-state index in [0.717, 1.165) is 21.3 Å². The van der Waals surface area contributed by atoms with E-state index in [4.69, 9.17) is 28.9 Å². The van der Waals surface area contributed by atoms with Crippen molar-refractivity contribution in [3.63, 3.8) is 0 Å². The molecule has 0 atom stereocenters. The second-order valence-corrected chi connectivity index (χ2v) is 6.05. The highest BCUT2D eigenvalue weighted by atomic mass is 35.5. The van der Waals surface area contributed by atoms with Gasteiger partial charge in [0.05, 0.1) is 10.7 Å². The van der Waals surface area contributed by atoms with Crippen LogP contribution in [0, 0.1) is 0 Å². The first-order chi connectivity index (χ1) is 9.69.